The number of ether oxygens (including phenoxy) is 1. The third kappa shape index (κ3) is 5.08. The normalized spacial score (nSPS) is 21.3. The Morgan fingerprint density at radius 1 is 1.08 bits per heavy atom. The van der Waals surface area contributed by atoms with Crippen molar-refractivity contribution in [1.82, 2.24) is 9.80 Å². The fourth-order valence-electron chi connectivity index (χ4n) is 5.46. The SMILES string of the molecule is CCC(F)(F)CN1[C@H](c2c(F)cc(OCCN3CC(CF)C3)cc2F)c2c(oc3ccccc23)C[C@H]1C. The summed E-state index contributed by atoms with van der Waals surface area (Å²) in [6.07, 6.45) is -0.0345. The van der Waals surface area contributed by atoms with Crippen LogP contribution in [0.1, 0.15) is 43.2 Å². The zero-order valence-electron chi connectivity index (χ0n) is 21.0. The van der Waals surface area contributed by atoms with Crippen molar-refractivity contribution in [2.75, 3.05) is 39.5 Å². The number of hydrogen-bond acceptors (Lipinski definition) is 4. The first-order valence-electron chi connectivity index (χ1n) is 12.7. The fraction of sp³-hybridized carbons (Fsp3) is 0.500. The molecule has 1 aromatic heterocycles. The molecule has 2 atom stereocenters. The van der Waals surface area contributed by atoms with Crippen LogP contribution in [0.5, 0.6) is 5.75 Å². The van der Waals surface area contributed by atoms with E-state index in [0.29, 0.717) is 48.3 Å². The zero-order valence-corrected chi connectivity index (χ0v) is 21.0. The molecule has 2 aromatic carbocycles. The van der Waals surface area contributed by atoms with Gasteiger partial charge in [-0.3, -0.25) is 14.2 Å². The molecule has 200 valence electrons. The van der Waals surface area contributed by atoms with Crippen LogP contribution in [0, 0.1) is 17.6 Å². The number of halogens is 5. The van der Waals surface area contributed by atoms with Gasteiger partial charge in [0.15, 0.2) is 0 Å². The van der Waals surface area contributed by atoms with E-state index >= 15 is 8.78 Å². The first-order valence-corrected chi connectivity index (χ1v) is 12.7. The van der Waals surface area contributed by atoms with E-state index in [4.69, 9.17) is 9.15 Å². The summed E-state index contributed by atoms with van der Waals surface area (Å²) in [4.78, 5) is 3.49. The highest BCUT2D eigenvalue weighted by atomic mass is 19.3. The molecule has 2 aliphatic heterocycles. The molecule has 5 rings (SSSR count). The highest BCUT2D eigenvalue weighted by molar-refractivity contribution is 5.83. The molecule has 0 unspecified atom stereocenters. The van der Waals surface area contributed by atoms with Gasteiger partial charge in [0.25, 0.3) is 5.92 Å². The molecule has 37 heavy (non-hydrogen) atoms. The van der Waals surface area contributed by atoms with Gasteiger partial charge in [0.2, 0.25) is 0 Å². The van der Waals surface area contributed by atoms with Crippen molar-refractivity contribution in [3.8, 4) is 5.75 Å². The lowest BCUT2D eigenvalue weighted by molar-refractivity contribution is -0.0555. The Morgan fingerprint density at radius 3 is 2.46 bits per heavy atom. The molecule has 0 bridgehead atoms. The monoisotopic (exact) mass is 522 g/mol. The first-order chi connectivity index (χ1) is 17.7. The first kappa shape index (κ1) is 26.0. The molecule has 0 aliphatic carbocycles. The van der Waals surface area contributed by atoms with E-state index in [2.05, 4.69) is 0 Å². The standard InChI is InChI=1S/C28H31F5N2O2/c1-3-28(32,33)16-35-17(2)10-24-25(20-6-4-5-7-23(20)37-24)27(35)26-21(30)11-19(12-22(26)31)36-9-8-34-14-18(13-29)15-34/h4-7,11-12,17-18,27H,3,8-10,13-16H2,1-2H3/t17-,27+/m1/s1. The number of furan rings is 1. The van der Waals surface area contributed by atoms with Crippen molar-refractivity contribution in [2.45, 2.75) is 44.7 Å². The molecule has 0 saturated carbocycles. The Hall–Kier alpha value is -2.65. The minimum atomic E-state index is -3.03. The molecule has 0 amide bonds. The van der Waals surface area contributed by atoms with Crippen LogP contribution in [0.25, 0.3) is 11.0 Å². The van der Waals surface area contributed by atoms with Gasteiger partial charge in [-0.05, 0) is 13.0 Å². The molecule has 1 fully saturated rings. The molecule has 1 saturated heterocycles. The van der Waals surface area contributed by atoms with Gasteiger partial charge in [0.05, 0.1) is 19.3 Å². The lowest BCUT2D eigenvalue weighted by Gasteiger charge is -2.42. The van der Waals surface area contributed by atoms with Gasteiger partial charge in [-0.1, -0.05) is 25.1 Å². The van der Waals surface area contributed by atoms with Gasteiger partial charge in [0, 0.05) is 73.1 Å². The second-order valence-corrected chi connectivity index (χ2v) is 10.2. The van der Waals surface area contributed by atoms with Crippen LogP contribution in [0.4, 0.5) is 22.0 Å². The zero-order chi connectivity index (χ0) is 26.3. The highest BCUT2D eigenvalue weighted by Gasteiger charge is 2.44. The largest absolute Gasteiger partial charge is 0.492 e. The third-order valence-electron chi connectivity index (χ3n) is 7.55. The van der Waals surface area contributed by atoms with E-state index in [1.54, 1.807) is 31.2 Å². The minimum absolute atomic E-state index is 0.0212. The molecule has 2 aliphatic rings. The highest BCUT2D eigenvalue weighted by Crippen LogP contribution is 2.46. The quantitative estimate of drug-likeness (QED) is 0.305. The van der Waals surface area contributed by atoms with Crippen LogP contribution in [0.3, 0.4) is 0 Å². The van der Waals surface area contributed by atoms with Crippen LogP contribution in [-0.2, 0) is 6.42 Å². The van der Waals surface area contributed by atoms with Crippen molar-refractivity contribution >= 4 is 11.0 Å². The van der Waals surface area contributed by atoms with E-state index in [-0.39, 0.29) is 36.9 Å². The second kappa shape index (κ2) is 10.3. The number of nitrogens with zero attached hydrogens (tertiary/aromatic N) is 2. The number of likely N-dealkylation sites (tertiary alicyclic amines) is 1. The van der Waals surface area contributed by atoms with E-state index in [9.17, 15) is 13.2 Å². The Bertz CT molecular complexity index is 1230. The fourth-order valence-corrected chi connectivity index (χ4v) is 5.46. The Morgan fingerprint density at radius 2 is 1.78 bits per heavy atom. The molecule has 0 radical (unpaired) electrons. The number of benzene rings is 2. The summed E-state index contributed by atoms with van der Waals surface area (Å²) in [5.74, 6) is -4.15. The van der Waals surface area contributed by atoms with Crippen molar-refractivity contribution < 1.29 is 31.1 Å². The maximum absolute atomic E-state index is 15.7. The molecule has 9 heteroatoms. The van der Waals surface area contributed by atoms with Crippen molar-refractivity contribution in [3.05, 3.63) is 64.9 Å². The molecule has 3 aromatic rings. The van der Waals surface area contributed by atoms with Crippen LogP contribution in [-0.4, -0.2) is 61.2 Å². The van der Waals surface area contributed by atoms with Gasteiger partial charge in [-0.15, -0.1) is 0 Å². The lowest BCUT2D eigenvalue weighted by atomic mass is 9.86. The Balaban J connectivity index is 1.49. The van der Waals surface area contributed by atoms with Gasteiger partial charge >= 0.3 is 0 Å². The van der Waals surface area contributed by atoms with Gasteiger partial charge in [-0.2, -0.15) is 0 Å². The third-order valence-corrected chi connectivity index (χ3v) is 7.55. The summed E-state index contributed by atoms with van der Waals surface area (Å²) in [5, 5.41) is 0.652. The number of alkyl halides is 3. The summed E-state index contributed by atoms with van der Waals surface area (Å²) in [6.45, 7) is 4.17. The number of fused-ring (bicyclic) bond motifs is 3. The number of hydrogen-bond donors (Lipinski definition) is 0. The van der Waals surface area contributed by atoms with Gasteiger partial charge in [-0.25, -0.2) is 17.6 Å². The van der Waals surface area contributed by atoms with E-state index in [1.165, 1.54) is 11.8 Å². The molecular formula is C28H31F5N2O2. The second-order valence-electron chi connectivity index (χ2n) is 10.2. The topological polar surface area (TPSA) is 28.9 Å². The van der Waals surface area contributed by atoms with Crippen molar-refractivity contribution in [1.29, 1.82) is 0 Å². The predicted molar refractivity (Wildman–Crippen MR) is 131 cm³/mol. The number of para-hydroxylation sites is 1. The van der Waals surface area contributed by atoms with Crippen molar-refractivity contribution in [2.24, 2.45) is 5.92 Å². The maximum Gasteiger partial charge on any atom is 0.260 e. The van der Waals surface area contributed by atoms with E-state index in [1.807, 2.05) is 4.90 Å². The van der Waals surface area contributed by atoms with Crippen LogP contribution >= 0.6 is 0 Å². The van der Waals surface area contributed by atoms with Crippen molar-refractivity contribution in [3.63, 3.8) is 0 Å². The number of rotatable bonds is 9. The molecule has 0 spiro atoms. The Kier molecular flexibility index (Phi) is 7.20. The van der Waals surface area contributed by atoms with Crippen LogP contribution < -0.4 is 4.74 Å². The average Bonchev–Trinajstić information content (AvgIpc) is 3.19. The summed E-state index contributed by atoms with van der Waals surface area (Å²) in [7, 11) is 0. The Labute approximate surface area is 213 Å². The van der Waals surface area contributed by atoms with E-state index in [0.717, 1.165) is 12.1 Å². The summed E-state index contributed by atoms with van der Waals surface area (Å²) in [6, 6.07) is 7.82. The molecule has 0 N–H and O–H groups in total. The maximum atomic E-state index is 15.7. The molecule has 3 heterocycles. The summed E-state index contributed by atoms with van der Waals surface area (Å²) in [5.41, 5.74) is 0.773. The average molecular weight is 523 g/mol. The van der Waals surface area contributed by atoms with Crippen LogP contribution in [0.15, 0.2) is 40.8 Å². The molecular weight excluding hydrogens is 491 g/mol. The minimum Gasteiger partial charge on any atom is -0.492 e. The van der Waals surface area contributed by atoms with Gasteiger partial charge < -0.3 is 9.15 Å². The molecule has 4 nitrogen and oxygen atoms in total. The van der Waals surface area contributed by atoms with E-state index < -0.39 is 36.2 Å². The van der Waals surface area contributed by atoms with Crippen LogP contribution in [0.2, 0.25) is 0 Å². The summed E-state index contributed by atoms with van der Waals surface area (Å²) >= 11 is 0. The lowest BCUT2D eigenvalue weighted by Crippen LogP contribution is -2.49. The van der Waals surface area contributed by atoms with Gasteiger partial charge in [0.1, 0.15) is 35.3 Å². The summed E-state index contributed by atoms with van der Waals surface area (Å²) < 4.78 is 84.9. The predicted octanol–water partition coefficient (Wildman–Crippen LogP) is 6.37. The smallest absolute Gasteiger partial charge is 0.260 e.